The molecule has 0 fully saturated rings. The lowest BCUT2D eigenvalue weighted by molar-refractivity contribution is -0.107. The van der Waals surface area contributed by atoms with Gasteiger partial charge in [0.05, 0.1) is 22.0 Å². The molecule has 24 rings (SSSR count). The minimum absolute atomic E-state index is 0.0591. The van der Waals surface area contributed by atoms with E-state index in [1.54, 1.807) is 27.7 Å². The Balaban J connectivity index is 0.000000130. The van der Waals surface area contributed by atoms with Crippen molar-refractivity contribution >= 4 is 59.0 Å². The van der Waals surface area contributed by atoms with Gasteiger partial charge in [-0.2, -0.15) is 0 Å². The number of rotatable bonds is 14. The first kappa shape index (κ1) is 90.7. The molecule has 4 aliphatic carbocycles. The van der Waals surface area contributed by atoms with Crippen LogP contribution in [-0.4, -0.2) is 29.3 Å². The fourth-order valence-corrected chi connectivity index (χ4v) is 21.9. The molecule has 0 saturated carbocycles. The number of nitrogens with zero attached hydrogens (tertiary/aromatic N) is 2. The van der Waals surface area contributed by atoms with Crippen LogP contribution in [0.3, 0.4) is 0 Å². The molecule has 0 aromatic heterocycles. The van der Waals surface area contributed by atoms with Crippen molar-refractivity contribution in [2.24, 2.45) is 0 Å². The Morgan fingerprint density at radius 1 is 0.193 bits per heavy atom. The summed E-state index contributed by atoms with van der Waals surface area (Å²) in [5.74, 6) is 0. The van der Waals surface area contributed by atoms with Crippen molar-refractivity contribution in [2.75, 3.05) is 9.80 Å². The monoisotopic (exact) mass is 1820 g/mol. The quantitative estimate of drug-likeness (QED) is 0.107. The van der Waals surface area contributed by atoms with Crippen LogP contribution in [0.15, 0.2) is 497 Å². The van der Waals surface area contributed by atoms with Gasteiger partial charge in [0.15, 0.2) is 0 Å². The second-order valence-electron chi connectivity index (χ2n) is 39.1. The van der Waals surface area contributed by atoms with Crippen LogP contribution in [0.1, 0.15) is 122 Å². The molecule has 676 valence electrons. The Morgan fingerprint density at radius 2 is 0.386 bits per heavy atom. The van der Waals surface area contributed by atoms with Gasteiger partial charge in [-0.25, -0.2) is 0 Å². The zero-order valence-electron chi connectivity index (χ0n) is 80.1. The van der Waals surface area contributed by atoms with E-state index in [1.165, 1.54) is 156 Å². The smallest absolute Gasteiger partial charge is 0.114 e. The molecule has 2 radical (unpaired) electrons. The highest BCUT2D eigenvalue weighted by molar-refractivity contribution is 6.36. The molecular formula is C134H108BClN2O2. The topological polar surface area (TPSA) is 46.9 Å². The van der Waals surface area contributed by atoms with Crippen LogP contribution >= 0.6 is 11.6 Å². The van der Waals surface area contributed by atoms with Gasteiger partial charge in [-0.15, -0.1) is 0 Å². The van der Waals surface area contributed by atoms with Crippen molar-refractivity contribution in [1.82, 2.24) is 0 Å². The Kier molecular flexibility index (Phi) is 24.2. The molecule has 6 heteroatoms. The molecule has 0 amide bonds. The number of hydrogen-bond donors (Lipinski definition) is 2. The summed E-state index contributed by atoms with van der Waals surface area (Å²) in [6.07, 6.45) is 0. The minimum Gasteiger partial charge on any atom is -0.387 e. The second-order valence-corrected chi connectivity index (χ2v) is 39.6. The molecule has 0 aliphatic heterocycles. The minimum atomic E-state index is -1.01. The van der Waals surface area contributed by atoms with Crippen molar-refractivity contribution in [2.45, 2.75) is 88.3 Å². The molecule has 2 N–H and O–H groups in total. The first-order valence-electron chi connectivity index (χ1n) is 48.4. The van der Waals surface area contributed by atoms with Gasteiger partial charge in [-0.1, -0.05) is 457 Å². The standard InChI is InChI=1S/C64H47N.C36H26ClN.C28H21B.C6H14O2/c1-63(2)57-23-11-13-25-59(57)64(60-26-14-12-24-58(60)63)56-22-10-9-20-55(56)62-54(21-15-27-61(62)64)50-30-28-46(29-31-50)49-36-42-53(43-37-49)65(51-38-32-47(33-39-51)44-16-5-3-6-17-44)52-40-34-48(35-41-52)45-18-7-4-8-19-45;37-33-19-11-29(12-20-33)32-17-25-36(26-18-32)38(34-21-13-30(14-22-34)27-7-3-1-4-8-27)35-23-15-31(16-24-35)28-9-5-2-6-10-28;1-27(2)20-12-5-7-14-22(20)28(23-15-8-6-13-21(23)27)19-11-4-3-10-18(19)26-24(28)16-9-17-25(26)29;1-5(2,7)6(3,4)8/h3-43H,1-2H3;1-26H;3-17H,1-2H3;7-8H,1-4H3. The Morgan fingerprint density at radius 3 is 0.664 bits per heavy atom. The van der Waals surface area contributed by atoms with E-state index in [0.717, 1.165) is 55.7 Å². The summed E-state index contributed by atoms with van der Waals surface area (Å²) >= 11 is 6.10. The van der Waals surface area contributed by atoms with Crippen LogP contribution in [0.5, 0.6) is 0 Å². The third-order valence-electron chi connectivity index (χ3n) is 29.6. The van der Waals surface area contributed by atoms with Crippen LogP contribution in [0.25, 0.3) is 100 Å². The first-order chi connectivity index (χ1) is 68.1. The highest BCUT2D eigenvalue weighted by Crippen LogP contribution is 2.65. The van der Waals surface area contributed by atoms with E-state index in [1.807, 2.05) is 30.3 Å². The van der Waals surface area contributed by atoms with Crippen LogP contribution in [-0.2, 0) is 21.7 Å². The summed E-state index contributed by atoms with van der Waals surface area (Å²) in [5, 5.41) is 19.0. The summed E-state index contributed by atoms with van der Waals surface area (Å²) in [7, 11) is 6.57. The van der Waals surface area contributed by atoms with Crippen molar-refractivity contribution in [3.05, 3.63) is 569 Å². The Labute approximate surface area is 830 Å². The van der Waals surface area contributed by atoms with E-state index in [4.69, 9.17) is 29.7 Å². The van der Waals surface area contributed by atoms with Crippen LogP contribution in [0.2, 0.25) is 5.02 Å². The average Bonchev–Trinajstić information content (AvgIpc) is 1.49. The van der Waals surface area contributed by atoms with Crippen LogP contribution in [0, 0.1) is 0 Å². The van der Waals surface area contributed by atoms with E-state index < -0.39 is 16.6 Å². The van der Waals surface area contributed by atoms with E-state index in [0.29, 0.717) is 0 Å². The molecule has 0 saturated heterocycles. The zero-order chi connectivity index (χ0) is 96.1. The fraction of sp³-hybridized carbons (Fsp3) is 0.104. The summed E-state index contributed by atoms with van der Waals surface area (Å²) in [5.41, 5.74) is 42.9. The average molecular weight is 1820 g/mol. The molecule has 140 heavy (non-hydrogen) atoms. The lowest BCUT2D eigenvalue weighted by Gasteiger charge is -2.46. The first-order valence-corrected chi connectivity index (χ1v) is 48.8. The maximum absolute atomic E-state index is 9.10. The van der Waals surface area contributed by atoms with E-state index in [-0.39, 0.29) is 16.2 Å². The molecule has 0 atom stereocenters. The van der Waals surface area contributed by atoms with Crippen LogP contribution in [0.4, 0.5) is 34.1 Å². The van der Waals surface area contributed by atoms with Gasteiger partial charge in [0.25, 0.3) is 0 Å². The number of anilines is 6. The van der Waals surface area contributed by atoms with E-state index >= 15 is 0 Å². The Hall–Kier alpha value is -15.7. The summed E-state index contributed by atoms with van der Waals surface area (Å²) < 4.78 is 0. The third-order valence-corrected chi connectivity index (χ3v) is 29.8. The zero-order valence-corrected chi connectivity index (χ0v) is 80.8. The Bertz CT molecular complexity index is 7590. The predicted octanol–water partition coefficient (Wildman–Crippen LogP) is 33.6. The third kappa shape index (κ3) is 16.4. The lowest BCUT2D eigenvalue weighted by atomic mass is 9.55. The lowest BCUT2D eigenvalue weighted by Crippen LogP contribution is -2.44. The van der Waals surface area contributed by atoms with Gasteiger partial charge >= 0.3 is 0 Å². The van der Waals surface area contributed by atoms with Gasteiger partial charge in [0.1, 0.15) is 7.85 Å². The molecule has 0 unspecified atom stereocenters. The summed E-state index contributed by atoms with van der Waals surface area (Å²) in [4.78, 5) is 4.65. The van der Waals surface area contributed by atoms with Crippen molar-refractivity contribution in [1.29, 1.82) is 0 Å². The summed E-state index contributed by atoms with van der Waals surface area (Å²) in [6, 6.07) is 180. The maximum Gasteiger partial charge on any atom is 0.114 e. The molecule has 0 bridgehead atoms. The predicted molar refractivity (Wildman–Crippen MR) is 589 cm³/mol. The van der Waals surface area contributed by atoms with Gasteiger partial charge in [-0.3, -0.25) is 0 Å². The van der Waals surface area contributed by atoms with E-state index in [2.05, 4.69) is 505 Å². The number of aliphatic hydroxyl groups is 2. The van der Waals surface area contributed by atoms with Crippen molar-refractivity contribution in [3.8, 4) is 100 Å². The highest BCUT2D eigenvalue weighted by atomic mass is 35.5. The van der Waals surface area contributed by atoms with Gasteiger partial charge < -0.3 is 20.0 Å². The molecule has 20 aromatic carbocycles. The van der Waals surface area contributed by atoms with E-state index in [9.17, 15) is 0 Å². The normalized spacial score (nSPS) is 13.5. The number of benzene rings is 20. The van der Waals surface area contributed by atoms with Gasteiger partial charge in [0.2, 0.25) is 0 Å². The van der Waals surface area contributed by atoms with Crippen molar-refractivity contribution < 1.29 is 10.2 Å². The fourth-order valence-electron chi connectivity index (χ4n) is 21.8. The van der Waals surface area contributed by atoms with Gasteiger partial charge in [0, 0.05) is 50.0 Å². The molecule has 4 aliphatic rings. The molecular weight excluding hydrogens is 1720 g/mol. The van der Waals surface area contributed by atoms with Gasteiger partial charge in [-0.05, 0) is 280 Å². The van der Waals surface area contributed by atoms with Crippen LogP contribution < -0.4 is 15.3 Å². The number of fused-ring (bicyclic) bond motifs is 18. The molecule has 2 spiro atoms. The number of halogens is 1. The van der Waals surface area contributed by atoms with Crippen molar-refractivity contribution in [3.63, 3.8) is 0 Å². The molecule has 4 nitrogen and oxygen atoms in total. The summed E-state index contributed by atoms with van der Waals surface area (Å²) in [6.45, 7) is 15.8. The highest BCUT2D eigenvalue weighted by Gasteiger charge is 2.55. The second kappa shape index (κ2) is 37.3. The number of hydrogen-bond acceptors (Lipinski definition) is 4. The molecule has 0 heterocycles. The maximum atomic E-state index is 9.10. The molecule has 20 aromatic rings. The largest absolute Gasteiger partial charge is 0.387 e. The SMILES string of the molecule is CC(C)(O)C(C)(C)O.CC1(C)c2ccccc2C2(c3ccccc3-c3c(-c4ccc(-c5ccc(N(c6ccc(-c7ccccc7)cc6)c6ccc(-c7ccccc7)cc6)cc5)cc4)cccc32)c2ccccc21.Clc1ccc(-c2ccc(N(c3ccc(-c4ccccc4)cc3)c3ccc(-c4ccccc4)cc3)cc2)cc1.[B]c1cccc2c1-c1ccccc1C21c2ccccc2C(C)(C)c2ccccc21.